The highest BCUT2D eigenvalue weighted by Crippen LogP contribution is 2.13. The molecule has 21 heavy (non-hydrogen) atoms. The number of amides is 1. The third kappa shape index (κ3) is 7.22. The molecule has 0 aliphatic carbocycles. The van der Waals surface area contributed by atoms with Gasteiger partial charge < -0.3 is 20.5 Å². The first-order valence-corrected chi connectivity index (χ1v) is 7.24. The van der Waals surface area contributed by atoms with Gasteiger partial charge >= 0.3 is 0 Å². The molecule has 1 amide bonds. The van der Waals surface area contributed by atoms with E-state index in [2.05, 4.69) is 5.32 Å². The molecule has 3 N–H and O–H groups in total. The lowest BCUT2D eigenvalue weighted by Gasteiger charge is -2.15. The Bertz CT molecular complexity index is 435. The van der Waals surface area contributed by atoms with Crippen molar-refractivity contribution in [1.29, 1.82) is 0 Å². The largest absolute Gasteiger partial charge is 0.382 e. The molecule has 1 aromatic rings. The zero-order valence-electron chi connectivity index (χ0n) is 13.1. The van der Waals surface area contributed by atoms with Crippen LogP contribution in [0.3, 0.4) is 0 Å². The van der Waals surface area contributed by atoms with Gasteiger partial charge in [0.05, 0.1) is 19.8 Å². The van der Waals surface area contributed by atoms with E-state index in [-0.39, 0.29) is 17.9 Å². The predicted molar refractivity (Wildman–Crippen MR) is 84.0 cm³/mol. The summed E-state index contributed by atoms with van der Waals surface area (Å²) in [6, 6.07) is 7.50. The number of carbonyl (C=O) groups is 1. The van der Waals surface area contributed by atoms with Crippen molar-refractivity contribution >= 4 is 11.6 Å². The van der Waals surface area contributed by atoms with Crippen LogP contribution in [0.4, 0.5) is 5.69 Å². The molecule has 1 aromatic carbocycles. The Morgan fingerprint density at radius 3 is 2.76 bits per heavy atom. The fourth-order valence-electron chi connectivity index (χ4n) is 1.73. The lowest BCUT2D eigenvalue weighted by Crippen LogP contribution is -2.31. The van der Waals surface area contributed by atoms with Crippen molar-refractivity contribution in [1.82, 2.24) is 0 Å². The molecular formula is C16H26N2O3. The minimum absolute atomic E-state index is 0.0614. The smallest absolute Gasteiger partial charge is 0.225 e. The standard InChI is InChI=1S/C16H26N2O3/c1-12(2)15(17)10-16(19)18-14-6-4-5-13(9-14)11-21-8-7-20-3/h4-6,9,12,15H,7-8,10-11,17H2,1-3H3,(H,18,19). The lowest BCUT2D eigenvalue weighted by molar-refractivity contribution is -0.116. The topological polar surface area (TPSA) is 73.6 Å². The average Bonchev–Trinajstić information content (AvgIpc) is 2.43. The van der Waals surface area contributed by atoms with Crippen LogP contribution in [0.5, 0.6) is 0 Å². The number of methoxy groups -OCH3 is 1. The van der Waals surface area contributed by atoms with Gasteiger partial charge in [0, 0.05) is 25.3 Å². The summed E-state index contributed by atoms with van der Waals surface area (Å²) in [6.07, 6.45) is 0.326. The minimum atomic E-state index is -0.120. The Morgan fingerprint density at radius 1 is 1.33 bits per heavy atom. The van der Waals surface area contributed by atoms with E-state index in [9.17, 15) is 4.79 Å². The van der Waals surface area contributed by atoms with E-state index in [1.54, 1.807) is 7.11 Å². The Labute approximate surface area is 126 Å². The van der Waals surface area contributed by atoms with Crippen molar-refractivity contribution in [2.45, 2.75) is 32.9 Å². The first-order chi connectivity index (χ1) is 10.0. The number of carbonyl (C=O) groups excluding carboxylic acids is 1. The number of rotatable bonds is 9. The summed E-state index contributed by atoms with van der Waals surface area (Å²) in [5.41, 5.74) is 7.68. The van der Waals surface area contributed by atoms with Crippen LogP contribution in [0.25, 0.3) is 0 Å². The second-order valence-electron chi connectivity index (χ2n) is 5.41. The summed E-state index contributed by atoms with van der Waals surface area (Å²) in [4.78, 5) is 11.9. The van der Waals surface area contributed by atoms with Crippen LogP contribution in [-0.2, 0) is 20.9 Å². The third-order valence-electron chi connectivity index (χ3n) is 3.19. The summed E-state index contributed by atoms with van der Waals surface area (Å²) in [7, 11) is 1.64. The van der Waals surface area contributed by atoms with E-state index in [4.69, 9.17) is 15.2 Å². The van der Waals surface area contributed by atoms with Crippen LogP contribution < -0.4 is 11.1 Å². The van der Waals surface area contributed by atoms with Gasteiger partial charge in [-0.3, -0.25) is 4.79 Å². The maximum Gasteiger partial charge on any atom is 0.225 e. The molecule has 0 aliphatic heterocycles. The summed E-state index contributed by atoms with van der Waals surface area (Å²) in [6.45, 7) is 5.64. The summed E-state index contributed by atoms with van der Waals surface area (Å²) in [5, 5.41) is 2.87. The Kier molecular flexibility index (Phi) is 7.97. The number of hydrogen-bond donors (Lipinski definition) is 2. The monoisotopic (exact) mass is 294 g/mol. The van der Waals surface area contributed by atoms with E-state index < -0.39 is 0 Å². The number of anilines is 1. The molecule has 5 heteroatoms. The van der Waals surface area contributed by atoms with Crippen LogP contribution in [0.2, 0.25) is 0 Å². The molecule has 1 unspecified atom stereocenters. The van der Waals surface area contributed by atoms with Gasteiger partial charge in [-0.25, -0.2) is 0 Å². The zero-order chi connectivity index (χ0) is 15.7. The van der Waals surface area contributed by atoms with Crippen molar-refractivity contribution in [3.05, 3.63) is 29.8 Å². The molecule has 5 nitrogen and oxygen atoms in total. The molecule has 0 radical (unpaired) electrons. The SMILES string of the molecule is COCCOCc1cccc(NC(=O)CC(N)C(C)C)c1. The van der Waals surface area contributed by atoms with Crippen molar-refractivity contribution < 1.29 is 14.3 Å². The van der Waals surface area contributed by atoms with Gasteiger partial charge in [0.1, 0.15) is 0 Å². The number of hydrogen-bond acceptors (Lipinski definition) is 4. The van der Waals surface area contributed by atoms with Gasteiger partial charge in [-0.2, -0.15) is 0 Å². The molecule has 0 heterocycles. The number of nitrogens with two attached hydrogens (primary N) is 1. The first-order valence-electron chi connectivity index (χ1n) is 7.24. The van der Waals surface area contributed by atoms with E-state index in [0.29, 0.717) is 26.2 Å². The molecule has 0 saturated heterocycles. The first kappa shape index (κ1) is 17.6. The van der Waals surface area contributed by atoms with Crippen LogP contribution in [0.1, 0.15) is 25.8 Å². The normalized spacial score (nSPS) is 12.4. The molecule has 1 rings (SSSR count). The second-order valence-corrected chi connectivity index (χ2v) is 5.41. The lowest BCUT2D eigenvalue weighted by atomic mass is 10.0. The molecule has 0 saturated carbocycles. The molecule has 0 spiro atoms. The maximum atomic E-state index is 11.9. The van der Waals surface area contributed by atoms with Crippen LogP contribution >= 0.6 is 0 Å². The minimum Gasteiger partial charge on any atom is -0.382 e. The summed E-state index contributed by atoms with van der Waals surface area (Å²) in [5.74, 6) is 0.227. The Morgan fingerprint density at radius 2 is 2.10 bits per heavy atom. The molecule has 0 aromatic heterocycles. The van der Waals surface area contributed by atoms with Crippen LogP contribution in [0, 0.1) is 5.92 Å². The highest BCUT2D eigenvalue weighted by atomic mass is 16.5. The highest BCUT2D eigenvalue weighted by molar-refractivity contribution is 5.91. The quantitative estimate of drug-likeness (QED) is 0.685. The van der Waals surface area contributed by atoms with Gasteiger partial charge in [0.25, 0.3) is 0 Å². The van der Waals surface area contributed by atoms with Gasteiger partial charge in [0.2, 0.25) is 5.91 Å². The van der Waals surface area contributed by atoms with Crippen molar-refractivity contribution in [3.8, 4) is 0 Å². The third-order valence-corrected chi connectivity index (χ3v) is 3.19. The molecule has 0 bridgehead atoms. The number of nitrogens with one attached hydrogen (secondary N) is 1. The predicted octanol–water partition coefficient (Wildman–Crippen LogP) is 2.16. The second kappa shape index (κ2) is 9.50. The van der Waals surface area contributed by atoms with Gasteiger partial charge in [-0.15, -0.1) is 0 Å². The van der Waals surface area contributed by atoms with Crippen molar-refractivity contribution in [3.63, 3.8) is 0 Å². The number of benzene rings is 1. The summed E-state index contributed by atoms with van der Waals surface area (Å²) < 4.78 is 10.4. The maximum absolute atomic E-state index is 11.9. The molecular weight excluding hydrogens is 268 g/mol. The number of ether oxygens (including phenoxy) is 2. The van der Waals surface area contributed by atoms with Gasteiger partial charge in [0.15, 0.2) is 0 Å². The van der Waals surface area contributed by atoms with Crippen LogP contribution in [-0.4, -0.2) is 32.3 Å². The van der Waals surface area contributed by atoms with E-state index in [1.165, 1.54) is 0 Å². The average molecular weight is 294 g/mol. The van der Waals surface area contributed by atoms with Crippen molar-refractivity contribution in [2.75, 3.05) is 25.6 Å². The van der Waals surface area contributed by atoms with Crippen molar-refractivity contribution in [2.24, 2.45) is 11.7 Å². The Hall–Kier alpha value is -1.43. The van der Waals surface area contributed by atoms with E-state index in [1.807, 2.05) is 38.1 Å². The zero-order valence-corrected chi connectivity index (χ0v) is 13.1. The fraction of sp³-hybridized carbons (Fsp3) is 0.562. The molecule has 0 fully saturated rings. The molecule has 0 aliphatic rings. The van der Waals surface area contributed by atoms with Gasteiger partial charge in [-0.05, 0) is 23.6 Å². The fourth-order valence-corrected chi connectivity index (χ4v) is 1.73. The molecule has 1 atom stereocenters. The molecule has 118 valence electrons. The van der Waals surface area contributed by atoms with E-state index >= 15 is 0 Å². The Balaban J connectivity index is 2.46. The van der Waals surface area contributed by atoms with Crippen LogP contribution in [0.15, 0.2) is 24.3 Å². The van der Waals surface area contributed by atoms with Gasteiger partial charge in [-0.1, -0.05) is 26.0 Å². The van der Waals surface area contributed by atoms with E-state index in [0.717, 1.165) is 11.3 Å². The summed E-state index contributed by atoms with van der Waals surface area (Å²) >= 11 is 0. The highest BCUT2D eigenvalue weighted by Gasteiger charge is 2.13.